The van der Waals surface area contributed by atoms with Gasteiger partial charge in [-0.2, -0.15) is 0 Å². The summed E-state index contributed by atoms with van der Waals surface area (Å²) in [5, 5.41) is 0. The van der Waals surface area contributed by atoms with Crippen LogP contribution in [0.5, 0.6) is 0 Å². The molecular weight excluding hydrogens is 164 g/mol. The highest BCUT2D eigenvalue weighted by atomic mass is 28.2. The minimum atomic E-state index is -0.114. The third kappa shape index (κ3) is 1.76. The SMILES string of the molecule is Cc1ccccc1C(C)(C)O[SiH3]. The quantitative estimate of drug-likeness (QED) is 0.627. The molecule has 0 N–H and O–H groups in total. The van der Waals surface area contributed by atoms with E-state index in [-0.39, 0.29) is 5.60 Å². The average molecular weight is 180 g/mol. The van der Waals surface area contributed by atoms with Crippen LogP contribution in [0.1, 0.15) is 25.0 Å². The fourth-order valence-electron chi connectivity index (χ4n) is 1.36. The Labute approximate surface area is 77.3 Å². The zero-order valence-electron chi connectivity index (χ0n) is 8.22. The number of rotatable bonds is 2. The Morgan fingerprint density at radius 2 is 1.83 bits per heavy atom. The molecule has 0 aromatic heterocycles. The van der Waals surface area contributed by atoms with Gasteiger partial charge >= 0.3 is 0 Å². The summed E-state index contributed by atoms with van der Waals surface area (Å²) in [6.07, 6.45) is 0. The van der Waals surface area contributed by atoms with Crippen LogP contribution in [0, 0.1) is 6.92 Å². The van der Waals surface area contributed by atoms with Crippen molar-refractivity contribution in [3.8, 4) is 0 Å². The van der Waals surface area contributed by atoms with E-state index < -0.39 is 0 Å². The molecule has 0 spiro atoms. The molecule has 0 atom stereocenters. The molecule has 0 aliphatic rings. The number of aryl methyl sites for hydroxylation is 1. The zero-order valence-corrected chi connectivity index (χ0v) is 10.2. The van der Waals surface area contributed by atoms with Crippen LogP contribution in [-0.2, 0) is 10.0 Å². The maximum atomic E-state index is 5.54. The predicted octanol–water partition coefficient (Wildman–Crippen LogP) is 1.53. The first kappa shape index (κ1) is 9.48. The molecule has 0 radical (unpaired) electrons. The van der Waals surface area contributed by atoms with E-state index in [0.29, 0.717) is 0 Å². The van der Waals surface area contributed by atoms with Crippen molar-refractivity contribution in [3.05, 3.63) is 35.4 Å². The van der Waals surface area contributed by atoms with Gasteiger partial charge in [-0.3, -0.25) is 0 Å². The highest BCUT2D eigenvalue weighted by molar-refractivity contribution is 5.98. The minimum absolute atomic E-state index is 0.114. The Bertz CT molecular complexity index is 268. The molecule has 0 heterocycles. The smallest absolute Gasteiger partial charge is 0.147 e. The van der Waals surface area contributed by atoms with Gasteiger partial charge in [0.2, 0.25) is 0 Å². The van der Waals surface area contributed by atoms with Crippen molar-refractivity contribution >= 4 is 10.5 Å². The van der Waals surface area contributed by atoms with E-state index in [4.69, 9.17) is 4.43 Å². The molecule has 0 amide bonds. The van der Waals surface area contributed by atoms with Gasteiger partial charge in [0.05, 0.1) is 5.60 Å². The van der Waals surface area contributed by atoms with E-state index in [1.807, 2.05) is 0 Å². The number of hydrogen-bond donors (Lipinski definition) is 0. The van der Waals surface area contributed by atoms with Crippen molar-refractivity contribution in [1.29, 1.82) is 0 Å². The average Bonchev–Trinajstić information content (AvgIpc) is 2.05. The molecule has 2 heteroatoms. The Hall–Kier alpha value is -0.603. The fraction of sp³-hybridized carbons (Fsp3) is 0.400. The summed E-state index contributed by atoms with van der Waals surface area (Å²) in [4.78, 5) is 0. The van der Waals surface area contributed by atoms with E-state index in [1.54, 1.807) is 0 Å². The minimum Gasteiger partial charge on any atom is -0.419 e. The van der Waals surface area contributed by atoms with Gasteiger partial charge in [0, 0.05) is 0 Å². The summed E-state index contributed by atoms with van der Waals surface area (Å²) >= 11 is 0. The second-order valence-corrected chi connectivity index (χ2v) is 3.94. The molecule has 1 rings (SSSR count). The Kier molecular flexibility index (Phi) is 2.70. The van der Waals surface area contributed by atoms with Gasteiger partial charge in [0.15, 0.2) is 0 Å². The second kappa shape index (κ2) is 3.41. The van der Waals surface area contributed by atoms with E-state index in [2.05, 4.69) is 45.0 Å². The van der Waals surface area contributed by atoms with Gasteiger partial charge in [0.1, 0.15) is 10.5 Å². The third-order valence-corrected chi connectivity index (χ3v) is 3.32. The van der Waals surface area contributed by atoms with Crippen LogP contribution in [0.25, 0.3) is 0 Å². The summed E-state index contributed by atoms with van der Waals surface area (Å²) < 4.78 is 5.54. The van der Waals surface area contributed by atoms with Crippen LogP contribution in [0.4, 0.5) is 0 Å². The highest BCUT2D eigenvalue weighted by Gasteiger charge is 2.19. The Morgan fingerprint density at radius 3 is 2.33 bits per heavy atom. The molecule has 1 nitrogen and oxygen atoms in total. The normalized spacial score (nSPS) is 11.9. The lowest BCUT2D eigenvalue weighted by Crippen LogP contribution is -2.21. The van der Waals surface area contributed by atoms with Gasteiger partial charge < -0.3 is 4.43 Å². The molecule has 0 aliphatic carbocycles. The monoisotopic (exact) mass is 180 g/mol. The number of benzene rings is 1. The number of hydrogen-bond acceptors (Lipinski definition) is 1. The largest absolute Gasteiger partial charge is 0.419 e. The molecule has 66 valence electrons. The molecule has 0 saturated heterocycles. The van der Waals surface area contributed by atoms with Crippen LogP contribution in [0.3, 0.4) is 0 Å². The summed E-state index contributed by atoms with van der Waals surface area (Å²) in [5.41, 5.74) is 2.48. The molecular formula is C10H16OSi. The van der Waals surface area contributed by atoms with E-state index in [1.165, 1.54) is 11.1 Å². The predicted molar refractivity (Wildman–Crippen MR) is 55.2 cm³/mol. The summed E-state index contributed by atoms with van der Waals surface area (Å²) in [7, 11) is 0.780. The standard InChI is InChI=1S/C10H16OSi/c1-8-6-4-5-7-9(8)10(2,3)11-12/h4-7H,1-3,12H3. The Morgan fingerprint density at radius 1 is 1.25 bits per heavy atom. The Balaban J connectivity index is 3.10. The van der Waals surface area contributed by atoms with E-state index in [9.17, 15) is 0 Å². The zero-order chi connectivity index (χ0) is 9.19. The second-order valence-electron chi connectivity index (χ2n) is 3.53. The molecule has 1 aromatic rings. The molecule has 0 saturated carbocycles. The first-order chi connectivity index (χ1) is 5.58. The van der Waals surface area contributed by atoms with Crippen LogP contribution in [0.2, 0.25) is 0 Å². The molecule has 0 fully saturated rings. The summed E-state index contributed by atoms with van der Waals surface area (Å²) in [6, 6.07) is 8.37. The lowest BCUT2D eigenvalue weighted by atomic mass is 9.94. The topological polar surface area (TPSA) is 9.23 Å². The lowest BCUT2D eigenvalue weighted by molar-refractivity contribution is 0.123. The van der Waals surface area contributed by atoms with Crippen LogP contribution in [0.15, 0.2) is 24.3 Å². The summed E-state index contributed by atoms with van der Waals surface area (Å²) in [6.45, 7) is 6.35. The van der Waals surface area contributed by atoms with Crippen molar-refractivity contribution in [1.82, 2.24) is 0 Å². The van der Waals surface area contributed by atoms with Crippen molar-refractivity contribution in [2.45, 2.75) is 26.4 Å². The van der Waals surface area contributed by atoms with Crippen LogP contribution in [-0.4, -0.2) is 10.5 Å². The van der Waals surface area contributed by atoms with Crippen molar-refractivity contribution in [2.75, 3.05) is 0 Å². The molecule has 0 aliphatic heterocycles. The molecule has 0 bridgehead atoms. The molecule has 0 unspecified atom stereocenters. The summed E-state index contributed by atoms with van der Waals surface area (Å²) in [5.74, 6) is 0. The van der Waals surface area contributed by atoms with E-state index >= 15 is 0 Å². The van der Waals surface area contributed by atoms with Gasteiger partial charge in [0.25, 0.3) is 0 Å². The first-order valence-electron chi connectivity index (χ1n) is 4.19. The molecule has 12 heavy (non-hydrogen) atoms. The van der Waals surface area contributed by atoms with Crippen molar-refractivity contribution in [3.63, 3.8) is 0 Å². The van der Waals surface area contributed by atoms with Gasteiger partial charge in [-0.25, -0.2) is 0 Å². The maximum Gasteiger partial charge on any atom is 0.147 e. The first-order valence-corrected chi connectivity index (χ1v) is 5.01. The maximum absolute atomic E-state index is 5.54. The molecule has 1 aromatic carbocycles. The van der Waals surface area contributed by atoms with Gasteiger partial charge in [-0.05, 0) is 31.9 Å². The lowest BCUT2D eigenvalue weighted by Gasteiger charge is -2.26. The van der Waals surface area contributed by atoms with Crippen molar-refractivity contribution in [2.24, 2.45) is 0 Å². The third-order valence-electron chi connectivity index (χ3n) is 2.30. The van der Waals surface area contributed by atoms with Crippen molar-refractivity contribution < 1.29 is 4.43 Å². The highest BCUT2D eigenvalue weighted by Crippen LogP contribution is 2.25. The van der Waals surface area contributed by atoms with Crippen LogP contribution >= 0.6 is 0 Å². The van der Waals surface area contributed by atoms with Gasteiger partial charge in [-0.1, -0.05) is 24.3 Å². The van der Waals surface area contributed by atoms with Crippen LogP contribution < -0.4 is 0 Å². The fourth-order valence-corrected chi connectivity index (χ4v) is 1.58. The van der Waals surface area contributed by atoms with Gasteiger partial charge in [-0.15, -0.1) is 0 Å². The van der Waals surface area contributed by atoms with E-state index in [0.717, 1.165) is 10.5 Å².